The number of piperidine rings is 1. The topological polar surface area (TPSA) is 88.3 Å². The summed E-state index contributed by atoms with van der Waals surface area (Å²) < 4.78 is 4.68. The second kappa shape index (κ2) is 7.46. The van der Waals surface area contributed by atoms with Crippen LogP contribution in [0, 0.1) is 6.92 Å². The molecule has 2 aromatic rings. The molecule has 2 heterocycles. The summed E-state index contributed by atoms with van der Waals surface area (Å²) in [5, 5.41) is 10.5. The summed E-state index contributed by atoms with van der Waals surface area (Å²) in [5.41, 5.74) is 1.84. The zero-order valence-electron chi connectivity index (χ0n) is 14.4. The zero-order chi connectivity index (χ0) is 17.8. The smallest absolute Gasteiger partial charge is 0.278 e. The molecule has 1 saturated heterocycles. The number of amides is 2. The highest BCUT2D eigenvalue weighted by Gasteiger charge is 2.36. The largest absolute Gasteiger partial charge is 0.352 e. The second-order valence-corrected chi connectivity index (χ2v) is 6.40. The van der Waals surface area contributed by atoms with Crippen LogP contribution in [0.25, 0.3) is 0 Å². The highest BCUT2D eigenvalue weighted by atomic mass is 16.6. The van der Waals surface area contributed by atoms with Gasteiger partial charge in [-0.15, -0.1) is 0 Å². The van der Waals surface area contributed by atoms with E-state index < -0.39 is 0 Å². The predicted molar refractivity (Wildman–Crippen MR) is 90.8 cm³/mol. The summed E-state index contributed by atoms with van der Waals surface area (Å²) in [6.07, 6.45) is 2.34. The van der Waals surface area contributed by atoms with Gasteiger partial charge in [-0.1, -0.05) is 35.5 Å². The first-order valence-corrected chi connectivity index (χ1v) is 8.47. The number of rotatable bonds is 4. The minimum absolute atomic E-state index is 0.0864. The van der Waals surface area contributed by atoms with Gasteiger partial charge in [0, 0.05) is 19.5 Å². The lowest BCUT2D eigenvalue weighted by Gasteiger charge is -2.41. The quantitative estimate of drug-likeness (QED) is 0.914. The van der Waals surface area contributed by atoms with Gasteiger partial charge in [0.15, 0.2) is 5.69 Å². The average Bonchev–Trinajstić information content (AvgIpc) is 3.02. The van der Waals surface area contributed by atoms with E-state index in [2.05, 4.69) is 20.3 Å². The summed E-state index contributed by atoms with van der Waals surface area (Å²) in [5.74, 6) is -0.286. The standard InChI is InChI=1S/C18H22N4O3/c1-12-17(21-25-20-12)18(24)22-10-6-9-15(19-13(2)23)16(22)11-14-7-4-3-5-8-14/h3-5,7-8,15-16H,6,9-11H2,1-2H3,(H,19,23)/t15-,16-/m0/s1. The third-order valence-corrected chi connectivity index (χ3v) is 4.57. The van der Waals surface area contributed by atoms with Crippen LogP contribution in [-0.4, -0.2) is 45.7 Å². The van der Waals surface area contributed by atoms with Crippen LogP contribution in [0.2, 0.25) is 0 Å². The fourth-order valence-electron chi connectivity index (χ4n) is 3.41. The molecule has 25 heavy (non-hydrogen) atoms. The minimum Gasteiger partial charge on any atom is -0.352 e. The van der Waals surface area contributed by atoms with Crippen molar-refractivity contribution in [2.75, 3.05) is 6.54 Å². The Morgan fingerprint density at radius 2 is 2.04 bits per heavy atom. The molecule has 0 bridgehead atoms. The maximum atomic E-state index is 13.0. The lowest BCUT2D eigenvalue weighted by molar-refractivity contribution is -0.120. The van der Waals surface area contributed by atoms with Crippen LogP contribution >= 0.6 is 0 Å². The van der Waals surface area contributed by atoms with Gasteiger partial charge >= 0.3 is 0 Å². The van der Waals surface area contributed by atoms with Crippen LogP contribution in [0.1, 0.15) is 41.5 Å². The first kappa shape index (κ1) is 17.1. The van der Waals surface area contributed by atoms with E-state index in [1.165, 1.54) is 6.92 Å². The maximum Gasteiger partial charge on any atom is 0.278 e. The summed E-state index contributed by atoms with van der Waals surface area (Å²) in [4.78, 5) is 26.4. The highest BCUT2D eigenvalue weighted by Crippen LogP contribution is 2.24. The van der Waals surface area contributed by atoms with Crippen molar-refractivity contribution < 1.29 is 14.2 Å². The van der Waals surface area contributed by atoms with Crippen molar-refractivity contribution in [3.05, 3.63) is 47.3 Å². The molecule has 7 heteroatoms. The molecule has 2 amide bonds. The molecule has 0 unspecified atom stereocenters. The van der Waals surface area contributed by atoms with E-state index in [4.69, 9.17) is 0 Å². The van der Waals surface area contributed by atoms with Crippen LogP contribution < -0.4 is 5.32 Å². The van der Waals surface area contributed by atoms with Gasteiger partial charge in [-0.3, -0.25) is 9.59 Å². The third kappa shape index (κ3) is 3.87. The molecule has 1 aliphatic heterocycles. The molecule has 132 valence electrons. The SMILES string of the molecule is CC(=O)N[C@H]1CCCN(C(=O)c2nonc2C)[C@H]1Cc1ccccc1. The number of aryl methyl sites for hydroxylation is 1. The van der Waals surface area contributed by atoms with E-state index in [-0.39, 0.29) is 29.6 Å². The van der Waals surface area contributed by atoms with Crippen LogP contribution in [0.15, 0.2) is 35.0 Å². The third-order valence-electron chi connectivity index (χ3n) is 4.57. The molecule has 1 N–H and O–H groups in total. The fraction of sp³-hybridized carbons (Fsp3) is 0.444. The summed E-state index contributed by atoms with van der Waals surface area (Å²) in [7, 11) is 0. The number of carbonyl (C=O) groups excluding carboxylic acids is 2. The molecule has 0 spiro atoms. The Bertz CT molecular complexity index is 744. The van der Waals surface area contributed by atoms with Gasteiger partial charge in [0.2, 0.25) is 5.91 Å². The molecule has 3 rings (SSSR count). The number of nitrogens with zero attached hydrogens (tertiary/aromatic N) is 3. The van der Waals surface area contributed by atoms with Crippen molar-refractivity contribution in [2.45, 2.75) is 45.2 Å². The lowest BCUT2D eigenvalue weighted by Crippen LogP contribution is -2.57. The second-order valence-electron chi connectivity index (χ2n) is 6.40. The molecular formula is C18H22N4O3. The van der Waals surface area contributed by atoms with Gasteiger partial charge in [0.1, 0.15) is 5.69 Å². The Morgan fingerprint density at radius 1 is 1.28 bits per heavy atom. The normalized spacial score (nSPS) is 20.3. The van der Waals surface area contributed by atoms with Crippen LogP contribution in [0.3, 0.4) is 0 Å². The first-order valence-electron chi connectivity index (χ1n) is 8.47. The fourth-order valence-corrected chi connectivity index (χ4v) is 3.41. The molecule has 1 fully saturated rings. The van der Waals surface area contributed by atoms with E-state index in [0.29, 0.717) is 18.7 Å². The van der Waals surface area contributed by atoms with Crippen molar-refractivity contribution in [3.63, 3.8) is 0 Å². The molecule has 0 radical (unpaired) electrons. The predicted octanol–water partition coefficient (Wildman–Crippen LogP) is 1.73. The zero-order valence-corrected chi connectivity index (χ0v) is 14.4. The molecule has 0 aliphatic carbocycles. The van der Waals surface area contributed by atoms with Gasteiger partial charge in [0.25, 0.3) is 5.91 Å². The number of likely N-dealkylation sites (tertiary alicyclic amines) is 1. The summed E-state index contributed by atoms with van der Waals surface area (Å²) in [6, 6.07) is 9.76. The Morgan fingerprint density at radius 3 is 2.68 bits per heavy atom. The van der Waals surface area contributed by atoms with Crippen LogP contribution in [0.5, 0.6) is 0 Å². The van der Waals surface area contributed by atoms with Gasteiger partial charge in [-0.05, 0) is 36.9 Å². The summed E-state index contributed by atoms with van der Waals surface area (Å²) in [6.45, 7) is 3.83. The molecule has 1 aromatic carbocycles. The maximum absolute atomic E-state index is 13.0. The molecule has 1 aliphatic rings. The van der Waals surface area contributed by atoms with Gasteiger partial charge in [-0.2, -0.15) is 0 Å². The number of nitrogens with one attached hydrogen (secondary N) is 1. The van der Waals surface area contributed by atoms with Crippen molar-refractivity contribution in [2.24, 2.45) is 0 Å². The van der Waals surface area contributed by atoms with Crippen molar-refractivity contribution in [1.82, 2.24) is 20.5 Å². The van der Waals surface area contributed by atoms with Crippen molar-refractivity contribution >= 4 is 11.8 Å². The van der Waals surface area contributed by atoms with Crippen LogP contribution in [-0.2, 0) is 11.2 Å². The average molecular weight is 342 g/mol. The van der Waals surface area contributed by atoms with E-state index in [0.717, 1.165) is 18.4 Å². The Hall–Kier alpha value is -2.70. The lowest BCUT2D eigenvalue weighted by atomic mass is 9.90. The Balaban J connectivity index is 1.89. The Kier molecular flexibility index (Phi) is 5.11. The van der Waals surface area contributed by atoms with Crippen LogP contribution in [0.4, 0.5) is 0 Å². The van der Waals surface area contributed by atoms with E-state index >= 15 is 0 Å². The molecule has 2 atom stereocenters. The van der Waals surface area contributed by atoms with Gasteiger partial charge < -0.3 is 10.2 Å². The minimum atomic E-state index is -0.199. The number of aromatic nitrogens is 2. The number of hydrogen-bond donors (Lipinski definition) is 1. The molecule has 1 aromatic heterocycles. The van der Waals surface area contributed by atoms with E-state index in [1.807, 2.05) is 30.3 Å². The number of benzene rings is 1. The number of carbonyl (C=O) groups is 2. The molecule has 7 nitrogen and oxygen atoms in total. The monoisotopic (exact) mass is 342 g/mol. The number of hydrogen-bond acceptors (Lipinski definition) is 5. The molecule has 0 saturated carbocycles. The highest BCUT2D eigenvalue weighted by molar-refractivity contribution is 5.93. The van der Waals surface area contributed by atoms with E-state index in [1.54, 1.807) is 11.8 Å². The van der Waals surface area contributed by atoms with Crippen molar-refractivity contribution in [1.29, 1.82) is 0 Å². The molecular weight excluding hydrogens is 320 g/mol. The van der Waals surface area contributed by atoms with Gasteiger partial charge in [0.05, 0.1) is 6.04 Å². The van der Waals surface area contributed by atoms with E-state index in [9.17, 15) is 9.59 Å². The first-order chi connectivity index (χ1) is 12.1. The van der Waals surface area contributed by atoms with Crippen molar-refractivity contribution in [3.8, 4) is 0 Å². The summed E-state index contributed by atoms with van der Waals surface area (Å²) >= 11 is 0. The Labute approximate surface area is 146 Å². The van der Waals surface area contributed by atoms with Gasteiger partial charge in [-0.25, -0.2) is 4.63 Å².